The Bertz CT molecular complexity index is 1220. The van der Waals surface area contributed by atoms with Crippen molar-refractivity contribution in [1.29, 1.82) is 0 Å². The fraction of sp³-hybridized carbons (Fsp3) is 0.0500. The maximum absolute atomic E-state index is 12.6. The molecule has 28 heavy (non-hydrogen) atoms. The minimum atomic E-state index is -3.71. The molecular weight excluding hydrogens is 412 g/mol. The fourth-order valence-electron chi connectivity index (χ4n) is 2.66. The third-order valence-electron chi connectivity index (χ3n) is 4.08. The smallest absolute Gasteiger partial charge is 0.261 e. The number of nitrogens with zero attached hydrogens (tertiary/aromatic N) is 1. The quantitative estimate of drug-likeness (QED) is 0.424. The molecule has 5 nitrogen and oxygen atoms in total. The Kier molecular flexibility index (Phi) is 5.01. The third-order valence-corrected chi connectivity index (χ3v) is 7.60. The number of nitrogens with one attached hydrogen (secondary N) is 1. The maximum atomic E-state index is 12.6. The Morgan fingerprint density at radius 1 is 1.04 bits per heavy atom. The second kappa shape index (κ2) is 7.46. The van der Waals surface area contributed by atoms with Crippen LogP contribution in [0.1, 0.15) is 5.56 Å². The average molecular weight is 429 g/mol. The number of phenols is 1. The number of para-hydroxylation sites is 1. The molecule has 0 radical (unpaired) electrons. The highest BCUT2D eigenvalue weighted by Crippen LogP contribution is 2.41. The van der Waals surface area contributed by atoms with Gasteiger partial charge in [0.1, 0.15) is 5.75 Å². The lowest BCUT2D eigenvalue weighted by Crippen LogP contribution is -2.13. The summed E-state index contributed by atoms with van der Waals surface area (Å²) in [6.45, 7) is 1.74. The number of rotatable bonds is 5. The highest BCUT2D eigenvalue weighted by Gasteiger charge is 2.17. The normalized spacial score (nSPS) is 11.6. The Morgan fingerprint density at radius 2 is 1.75 bits per heavy atom. The summed E-state index contributed by atoms with van der Waals surface area (Å²) in [5, 5.41) is 10.3. The monoisotopic (exact) mass is 428 g/mol. The number of hydrogen-bond acceptors (Lipinski definition) is 6. The molecule has 0 fully saturated rings. The van der Waals surface area contributed by atoms with E-state index in [0.29, 0.717) is 16.1 Å². The van der Waals surface area contributed by atoms with Crippen LogP contribution in [0.3, 0.4) is 0 Å². The van der Waals surface area contributed by atoms with Crippen LogP contribution in [-0.2, 0) is 10.0 Å². The van der Waals surface area contributed by atoms with Crippen molar-refractivity contribution in [3.8, 4) is 5.75 Å². The van der Waals surface area contributed by atoms with Gasteiger partial charge in [-0.2, -0.15) is 0 Å². The molecule has 0 aliphatic heterocycles. The van der Waals surface area contributed by atoms with Gasteiger partial charge in [-0.25, -0.2) is 13.4 Å². The summed E-state index contributed by atoms with van der Waals surface area (Å²) in [6, 6.07) is 19.2. The molecular formula is C20H16N2O3S3. The lowest BCUT2D eigenvalue weighted by molar-refractivity contribution is 0.462. The second-order valence-electron chi connectivity index (χ2n) is 6.10. The van der Waals surface area contributed by atoms with Crippen molar-refractivity contribution >= 4 is 49.0 Å². The molecule has 8 heteroatoms. The van der Waals surface area contributed by atoms with Crippen LogP contribution in [0.25, 0.3) is 10.2 Å². The van der Waals surface area contributed by atoms with Crippen molar-refractivity contribution in [2.75, 3.05) is 4.72 Å². The summed E-state index contributed by atoms with van der Waals surface area (Å²) < 4.78 is 29.7. The van der Waals surface area contributed by atoms with E-state index in [1.807, 2.05) is 24.3 Å². The van der Waals surface area contributed by atoms with E-state index in [0.717, 1.165) is 14.6 Å². The number of sulfonamides is 1. The summed E-state index contributed by atoms with van der Waals surface area (Å²) in [5.41, 5.74) is 1.95. The van der Waals surface area contributed by atoms with E-state index in [1.165, 1.54) is 35.2 Å². The Labute approximate surface area is 171 Å². The minimum absolute atomic E-state index is 0.0874. The van der Waals surface area contributed by atoms with E-state index in [1.54, 1.807) is 37.3 Å². The molecule has 2 N–H and O–H groups in total. The molecule has 1 aromatic heterocycles. The van der Waals surface area contributed by atoms with Gasteiger partial charge < -0.3 is 5.11 Å². The van der Waals surface area contributed by atoms with Gasteiger partial charge in [0.25, 0.3) is 10.0 Å². The van der Waals surface area contributed by atoms with Crippen LogP contribution in [0.15, 0.2) is 80.9 Å². The van der Waals surface area contributed by atoms with E-state index in [-0.39, 0.29) is 10.6 Å². The lowest BCUT2D eigenvalue weighted by Gasteiger charge is -2.13. The number of aromatic hydroxyl groups is 1. The zero-order valence-corrected chi connectivity index (χ0v) is 17.2. The van der Waals surface area contributed by atoms with Gasteiger partial charge in [-0.3, -0.25) is 4.72 Å². The van der Waals surface area contributed by atoms with Crippen LogP contribution in [0.2, 0.25) is 0 Å². The van der Waals surface area contributed by atoms with Gasteiger partial charge in [0.15, 0.2) is 4.34 Å². The van der Waals surface area contributed by atoms with Crippen molar-refractivity contribution in [3.05, 3.63) is 72.3 Å². The van der Waals surface area contributed by atoms with Crippen molar-refractivity contribution in [2.45, 2.75) is 21.1 Å². The number of hydrogen-bond donors (Lipinski definition) is 2. The fourth-order valence-corrected chi connectivity index (χ4v) is 5.87. The number of benzene rings is 3. The van der Waals surface area contributed by atoms with E-state index < -0.39 is 10.0 Å². The molecule has 0 spiro atoms. The third kappa shape index (κ3) is 3.84. The van der Waals surface area contributed by atoms with Gasteiger partial charge in [-0.05, 0) is 48.9 Å². The number of phenolic OH excluding ortho intramolecular Hbond substituents is 1. The highest BCUT2D eigenvalue weighted by atomic mass is 32.2. The summed E-state index contributed by atoms with van der Waals surface area (Å²) in [4.78, 5) is 5.28. The second-order valence-corrected chi connectivity index (χ2v) is 10.1. The van der Waals surface area contributed by atoms with E-state index >= 15 is 0 Å². The maximum Gasteiger partial charge on any atom is 0.261 e. The molecule has 0 aliphatic rings. The van der Waals surface area contributed by atoms with Gasteiger partial charge in [0, 0.05) is 0 Å². The summed E-state index contributed by atoms with van der Waals surface area (Å²) in [6.07, 6.45) is 0. The van der Waals surface area contributed by atoms with Crippen LogP contribution in [-0.4, -0.2) is 18.5 Å². The molecule has 0 saturated carbocycles. The number of thiazole rings is 1. The SMILES string of the molecule is Cc1cc(O)c(Sc2nc3ccccc3s2)cc1NS(=O)(=O)c1ccccc1. The number of aromatic nitrogens is 1. The standard InChI is InChI=1S/C20H16N2O3S3/c1-13-11-17(23)19(27-20-21-15-9-5-6-10-18(15)26-20)12-16(13)22-28(24,25)14-7-3-2-4-8-14/h2-12,22-23H,1H3. The van der Waals surface area contributed by atoms with Gasteiger partial charge in [-0.1, -0.05) is 42.1 Å². The summed E-state index contributed by atoms with van der Waals surface area (Å²) in [5.74, 6) is 0.0874. The summed E-state index contributed by atoms with van der Waals surface area (Å²) in [7, 11) is -3.71. The van der Waals surface area contributed by atoms with Gasteiger partial charge in [-0.15, -0.1) is 11.3 Å². The number of fused-ring (bicyclic) bond motifs is 1. The highest BCUT2D eigenvalue weighted by molar-refractivity contribution is 8.01. The zero-order chi connectivity index (χ0) is 19.7. The van der Waals surface area contributed by atoms with Crippen LogP contribution in [0.5, 0.6) is 5.75 Å². The van der Waals surface area contributed by atoms with Crippen molar-refractivity contribution < 1.29 is 13.5 Å². The number of aryl methyl sites for hydroxylation is 1. The van der Waals surface area contributed by atoms with E-state index in [9.17, 15) is 13.5 Å². The Hall–Kier alpha value is -2.55. The average Bonchev–Trinajstić information content (AvgIpc) is 3.08. The zero-order valence-electron chi connectivity index (χ0n) is 14.8. The van der Waals surface area contributed by atoms with Crippen LogP contribution in [0.4, 0.5) is 5.69 Å². The molecule has 1 heterocycles. The van der Waals surface area contributed by atoms with Crippen molar-refractivity contribution in [2.24, 2.45) is 0 Å². The largest absolute Gasteiger partial charge is 0.507 e. The first-order chi connectivity index (χ1) is 13.4. The van der Waals surface area contributed by atoms with Crippen LogP contribution in [0, 0.1) is 6.92 Å². The van der Waals surface area contributed by atoms with Gasteiger partial charge in [0.2, 0.25) is 0 Å². The molecule has 4 rings (SSSR count). The molecule has 0 saturated heterocycles. The van der Waals surface area contributed by atoms with E-state index in [2.05, 4.69) is 9.71 Å². The minimum Gasteiger partial charge on any atom is -0.507 e. The molecule has 0 unspecified atom stereocenters. The number of anilines is 1. The predicted molar refractivity (Wildman–Crippen MR) is 114 cm³/mol. The topological polar surface area (TPSA) is 79.3 Å². The van der Waals surface area contributed by atoms with Crippen molar-refractivity contribution in [3.63, 3.8) is 0 Å². The molecule has 3 aromatic carbocycles. The summed E-state index contributed by atoms with van der Waals surface area (Å²) >= 11 is 2.83. The molecule has 4 aromatic rings. The van der Waals surface area contributed by atoms with Gasteiger partial charge in [0.05, 0.1) is 25.7 Å². The first kappa shape index (κ1) is 18.8. The van der Waals surface area contributed by atoms with E-state index in [4.69, 9.17) is 0 Å². The van der Waals surface area contributed by atoms with Crippen LogP contribution >= 0.6 is 23.1 Å². The molecule has 142 valence electrons. The molecule has 0 bridgehead atoms. The first-order valence-corrected chi connectivity index (χ1v) is 11.5. The first-order valence-electron chi connectivity index (χ1n) is 8.37. The molecule has 0 atom stereocenters. The predicted octanol–water partition coefficient (Wildman–Crippen LogP) is 5.26. The van der Waals surface area contributed by atoms with Crippen LogP contribution < -0.4 is 4.72 Å². The van der Waals surface area contributed by atoms with Gasteiger partial charge >= 0.3 is 0 Å². The van der Waals surface area contributed by atoms with Crippen molar-refractivity contribution in [1.82, 2.24) is 4.98 Å². The molecule has 0 aliphatic carbocycles. The molecule has 0 amide bonds. The lowest BCUT2D eigenvalue weighted by atomic mass is 10.2. The Morgan fingerprint density at radius 3 is 2.50 bits per heavy atom. The Balaban J connectivity index is 1.66.